The predicted molar refractivity (Wildman–Crippen MR) is 94.9 cm³/mol. The van der Waals surface area contributed by atoms with Crippen LogP contribution in [-0.4, -0.2) is 75.0 Å². The van der Waals surface area contributed by atoms with E-state index in [9.17, 15) is 14.4 Å². The summed E-state index contributed by atoms with van der Waals surface area (Å²) in [5.74, 6) is -1.13. The molecule has 3 rings (SSSR count). The van der Waals surface area contributed by atoms with Crippen molar-refractivity contribution in [1.82, 2.24) is 16.0 Å². The maximum Gasteiger partial charge on any atom is 0.323 e. The average Bonchev–Trinajstić information content (AvgIpc) is 3.45. The molecule has 0 aliphatic carbocycles. The van der Waals surface area contributed by atoms with Crippen LogP contribution in [0.25, 0.3) is 0 Å². The summed E-state index contributed by atoms with van der Waals surface area (Å²) in [4.78, 5) is 36.4. The number of hydrogen-bond acceptors (Lipinski definition) is 9. The van der Waals surface area contributed by atoms with Gasteiger partial charge in [0.1, 0.15) is 31.3 Å². The minimum absolute atomic E-state index is 0.124. The molecule has 2 unspecified atom stereocenters. The van der Waals surface area contributed by atoms with E-state index in [0.29, 0.717) is 6.42 Å². The molecule has 9 nitrogen and oxygen atoms in total. The van der Waals surface area contributed by atoms with Crippen LogP contribution in [0.4, 0.5) is 0 Å². The van der Waals surface area contributed by atoms with Crippen molar-refractivity contribution in [2.75, 3.05) is 32.8 Å². The number of rotatable bonds is 8. The highest BCUT2D eigenvalue weighted by atomic mass is 16.6. The third-order valence-corrected chi connectivity index (χ3v) is 5.14. The van der Waals surface area contributed by atoms with Crippen LogP contribution >= 0.6 is 0 Å². The minimum atomic E-state index is -0.810. The van der Waals surface area contributed by atoms with E-state index in [4.69, 9.17) is 14.2 Å². The molecule has 3 N–H and O–H groups in total. The molecular formula is C18H29N3O6. The molecule has 3 fully saturated rings. The summed E-state index contributed by atoms with van der Waals surface area (Å²) in [6.07, 6.45) is 4.14. The molecule has 0 aromatic rings. The zero-order valence-electron chi connectivity index (χ0n) is 15.5. The molecule has 0 aromatic heterocycles. The van der Waals surface area contributed by atoms with Gasteiger partial charge in [-0.1, -0.05) is 0 Å². The van der Waals surface area contributed by atoms with Crippen LogP contribution in [-0.2, 0) is 28.6 Å². The second kappa shape index (κ2) is 10.0. The summed E-state index contributed by atoms with van der Waals surface area (Å²) in [6, 6.07) is -0.988. The van der Waals surface area contributed by atoms with Gasteiger partial charge in [0, 0.05) is 0 Å². The fourth-order valence-electron chi connectivity index (χ4n) is 3.57. The van der Waals surface area contributed by atoms with Gasteiger partial charge in [0.2, 0.25) is 0 Å². The maximum atomic E-state index is 12.3. The van der Waals surface area contributed by atoms with Gasteiger partial charge in [-0.2, -0.15) is 0 Å². The van der Waals surface area contributed by atoms with E-state index < -0.39 is 12.1 Å². The van der Waals surface area contributed by atoms with Crippen LogP contribution in [0.3, 0.4) is 0 Å². The minimum Gasteiger partial charge on any atom is -0.460 e. The van der Waals surface area contributed by atoms with Crippen molar-refractivity contribution in [2.45, 2.75) is 62.8 Å². The first-order valence-electron chi connectivity index (χ1n) is 9.87. The summed E-state index contributed by atoms with van der Waals surface area (Å²) in [5.41, 5.74) is 0. The standard InChI is InChI=1S/C18H29N3O6/c22-16(13-4-1-7-19-13)25-10-12(27-18(24)15-6-3-9-21-15)11-26-17(23)14-5-2-8-20-14/h12-15,19-21H,1-11H2/t12?,13-,14?,15-/m0/s1. The quantitative estimate of drug-likeness (QED) is 0.367. The number of hydrogen-bond donors (Lipinski definition) is 3. The molecule has 3 heterocycles. The third-order valence-electron chi connectivity index (χ3n) is 5.14. The second-order valence-electron chi connectivity index (χ2n) is 7.27. The van der Waals surface area contributed by atoms with E-state index in [0.717, 1.165) is 51.7 Å². The van der Waals surface area contributed by atoms with Crippen molar-refractivity contribution in [3.63, 3.8) is 0 Å². The van der Waals surface area contributed by atoms with E-state index >= 15 is 0 Å². The largest absolute Gasteiger partial charge is 0.460 e. The van der Waals surface area contributed by atoms with Gasteiger partial charge in [0.05, 0.1) is 0 Å². The first-order chi connectivity index (χ1) is 13.1. The number of carbonyl (C=O) groups is 3. The van der Waals surface area contributed by atoms with Crippen LogP contribution in [0.15, 0.2) is 0 Å². The summed E-state index contributed by atoms with van der Waals surface area (Å²) >= 11 is 0. The van der Waals surface area contributed by atoms with E-state index in [2.05, 4.69) is 16.0 Å². The summed E-state index contributed by atoms with van der Waals surface area (Å²) in [5, 5.41) is 9.20. The Labute approximate surface area is 158 Å². The van der Waals surface area contributed by atoms with Crippen LogP contribution < -0.4 is 16.0 Å². The van der Waals surface area contributed by atoms with Gasteiger partial charge in [-0.3, -0.25) is 14.4 Å². The lowest BCUT2D eigenvalue weighted by Gasteiger charge is -2.21. The molecule has 0 saturated carbocycles. The normalized spacial score (nSPS) is 28.7. The Bertz CT molecular complexity index is 493. The number of carbonyl (C=O) groups excluding carboxylic acids is 3. The van der Waals surface area contributed by atoms with Crippen LogP contribution in [0.2, 0.25) is 0 Å². The lowest BCUT2D eigenvalue weighted by atomic mass is 10.2. The Kier molecular flexibility index (Phi) is 7.42. The zero-order chi connectivity index (χ0) is 19.1. The van der Waals surface area contributed by atoms with Crippen LogP contribution in [0.1, 0.15) is 38.5 Å². The molecule has 4 atom stereocenters. The van der Waals surface area contributed by atoms with E-state index in [1.807, 2.05) is 0 Å². The molecule has 9 heteroatoms. The van der Waals surface area contributed by atoms with Gasteiger partial charge in [0.15, 0.2) is 6.10 Å². The van der Waals surface area contributed by atoms with Gasteiger partial charge in [-0.15, -0.1) is 0 Å². The van der Waals surface area contributed by atoms with Crippen molar-refractivity contribution >= 4 is 17.9 Å². The fraction of sp³-hybridized carbons (Fsp3) is 0.833. The van der Waals surface area contributed by atoms with Crippen LogP contribution in [0, 0.1) is 0 Å². The predicted octanol–water partition coefficient (Wildman–Crippen LogP) is -0.759. The number of esters is 3. The summed E-state index contributed by atoms with van der Waals surface area (Å²) in [7, 11) is 0. The molecule has 27 heavy (non-hydrogen) atoms. The van der Waals surface area contributed by atoms with Gasteiger partial charge in [-0.05, 0) is 58.2 Å². The summed E-state index contributed by atoms with van der Waals surface area (Å²) in [6.45, 7) is 2.10. The van der Waals surface area contributed by atoms with E-state index in [1.54, 1.807) is 0 Å². The first kappa shape index (κ1) is 20.0. The molecule has 3 aliphatic rings. The van der Waals surface area contributed by atoms with Crippen molar-refractivity contribution in [2.24, 2.45) is 0 Å². The van der Waals surface area contributed by atoms with Crippen LogP contribution in [0.5, 0.6) is 0 Å². The Morgan fingerprint density at radius 1 is 0.704 bits per heavy atom. The van der Waals surface area contributed by atoms with E-state index in [1.165, 1.54) is 0 Å². The molecule has 0 aromatic carbocycles. The molecule has 3 aliphatic heterocycles. The SMILES string of the molecule is O=C(OCC(COC(=O)[C@@H]1CCCN1)OC(=O)[C@@H]1CCCN1)C1CCCN1. The molecule has 3 saturated heterocycles. The molecule has 152 valence electrons. The Morgan fingerprint density at radius 2 is 1.11 bits per heavy atom. The van der Waals surface area contributed by atoms with Gasteiger partial charge >= 0.3 is 17.9 Å². The number of ether oxygens (including phenoxy) is 3. The van der Waals surface area contributed by atoms with Gasteiger partial charge < -0.3 is 30.2 Å². The number of nitrogens with one attached hydrogen (secondary N) is 3. The van der Waals surface area contributed by atoms with Crippen molar-refractivity contribution in [1.29, 1.82) is 0 Å². The third kappa shape index (κ3) is 5.88. The highest BCUT2D eigenvalue weighted by Gasteiger charge is 2.30. The van der Waals surface area contributed by atoms with Crippen molar-refractivity contribution < 1.29 is 28.6 Å². The molecule has 0 spiro atoms. The Hall–Kier alpha value is -1.71. The topological polar surface area (TPSA) is 115 Å². The highest BCUT2D eigenvalue weighted by molar-refractivity contribution is 5.77. The van der Waals surface area contributed by atoms with Gasteiger partial charge in [0.25, 0.3) is 0 Å². The molecule has 0 bridgehead atoms. The fourth-order valence-corrected chi connectivity index (χ4v) is 3.57. The van der Waals surface area contributed by atoms with Gasteiger partial charge in [-0.25, -0.2) is 0 Å². The van der Waals surface area contributed by atoms with E-state index in [-0.39, 0.29) is 43.3 Å². The van der Waals surface area contributed by atoms with Crippen molar-refractivity contribution in [3.8, 4) is 0 Å². The van der Waals surface area contributed by atoms with Crippen molar-refractivity contribution in [3.05, 3.63) is 0 Å². The average molecular weight is 383 g/mol. The molecule has 0 amide bonds. The maximum absolute atomic E-state index is 12.3. The highest BCUT2D eigenvalue weighted by Crippen LogP contribution is 2.12. The second-order valence-corrected chi connectivity index (χ2v) is 7.27. The molecule has 0 radical (unpaired) electrons. The summed E-state index contributed by atoms with van der Waals surface area (Å²) < 4.78 is 16.1. The Morgan fingerprint density at radius 3 is 1.48 bits per heavy atom. The monoisotopic (exact) mass is 383 g/mol. The Balaban J connectivity index is 1.49. The smallest absolute Gasteiger partial charge is 0.323 e. The lowest BCUT2D eigenvalue weighted by molar-refractivity contribution is -0.169. The zero-order valence-corrected chi connectivity index (χ0v) is 15.5. The molecular weight excluding hydrogens is 354 g/mol. The first-order valence-corrected chi connectivity index (χ1v) is 9.87. The lowest BCUT2D eigenvalue weighted by Crippen LogP contribution is -2.41.